The van der Waals surface area contributed by atoms with Gasteiger partial charge >= 0.3 is 23.0 Å². The van der Waals surface area contributed by atoms with Crippen LogP contribution in [0.5, 0.6) is 0 Å². The Balaban J connectivity index is 0.00000192. The second-order valence-electron chi connectivity index (χ2n) is 5.09. The van der Waals surface area contributed by atoms with Crippen molar-refractivity contribution in [1.29, 1.82) is 0 Å². The topological polar surface area (TPSA) is 60.4 Å². The van der Waals surface area contributed by atoms with E-state index < -0.39 is 9.84 Å². The predicted molar refractivity (Wildman–Crippen MR) is 92.3 cm³/mol. The molecule has 0 fully saturated rings. The third kappa shape index (κ3) is 3.55. The Kier molecular flexibility index (Phi) is 5.09. The summed E-state index contributed by atoms with van der Waals surface area (Å²) < 4.78 is 28.2. The number of hydrogen-bond acceptors (Lipinski definition) is 4. The number of esters is 1. The molecule has 2 aromatic rings. The van der Waals surface area contributed by atoms with Crippen LogP contribution in [0.3, 0.4) is 0 Å². The number of carbonyl (C=O) groups excluding carboxylic acids is 1. The molecule has 120 valence electrons. The summed E-state index contributed by atoms with van der Waals surface area (Å²) in [7, 11) is -3.23. The summed E-state index contributed by atoms with van der Waals surface area (Å²) in [5.74, 6) is -0.353. The molecule has 0 bridgehead atoms. The van der Waals surface area contributed by atoms with Gasteiger partial charge in [-0.2, -0.15) is 0 Å². The molecule has 0 atom stereocenters. The Hall–Kier alpha value is -1.88. The molecular formula is C17H16O4SSe. The Morgan fingerprint density at radius 3 is 2.09 bits per heavy atom. The summed E-state index contributed by atoms with van der Waals surface area (Å²) in [6, 6.07) is 15.8. The van der Waals surface area contributed by atoms with Gasteiger partial charge in [0.05, 0.1) is 10.5 Å². The first-order valence-corrected chi connectivity index (χ1v) is 8.62. The van der Waals surface area contributed by atoms with Gasteiger partial charge in [-0.1, -0.05) is 42.5 Å². The van der Waals surface area contributed by atoms with Gasteiger partial charge in [-0.05, 0) is 23.3 Å². The number of sulfone groups is 1. The van der Waals surface area contributed by atoms with Crippen molar-refractivity contribution in [1.82, 2.24) is 0 Å². The number of rotatable bonds is 3. The zero-order valence-corrected chi connectivity index (χ0v) is 15.4. The van der Waals surface area contributed by atoms with E-state index in [9.17, 15) is 13.2 Å². The summed E-state index contributed by atoms with van der Waals surface area (Å²) in [6.07, 6.45) is 1.17. The molecule has 4 nitrogen and oxygen atoms in total. The van der Waals surface area contributed by atoms with Crippen molar-refractivity contribution >= 4 is 44.0 Å². The molecule has 1 aliphatic rings. The molecule has 23 heavy (non-hydrogen) atoms. The van der Waals surface area contributed by atoms with Crippen molar-refractivity contribution in [3.8, 4) is 0 Å². The molecule has 0 unspecified atom stereocenters. The standard InChI is InChI=1S/C17H14O4S.H2Se/c1-22(19,20)14-9-7-12(8-10-14)15-11-21-17(18)16(15)13-5-3-2-4-6-13;/h2-10H,11H2,1H3;1H2. The van der Waals surface area contributed by atoms with Crippen molar-refractivity contribution < 1.29 is 17.9 Å². The fourth-order valence-electron chi connectivity index (χ4n) is 2.43. The minimum absolute atomic E-state index is 0. The normalized spacial score (nSPS) is 14.4. The Bertz CT molecular complexity index is 853. The van der Waals surface area contributed by atoms with Crippen LogP contribution in [0.2, 0.25) is 0 Å². The maximum absolute atomic E-state index is 12.0. The third-order valence-electron chi connectivity index (χ3n) is 3.55. The van der Waals surface area contributed by atoms with Crippen molar-refractivity contribution in [2.45, 2.75) is 4.90 Å². The summed E-state index contributed by atoms with van der Waals surface area (Å²) in [5.41, 5.74) is 2.90. The Morgan fingerprint density at radius 2 is 1.52 bits per heavy atom. The quantitative estimate of drug-likeness (QED) is 0.586. The molecule has 0 aliphatic carbocycles. The van der Waals surface area contributed by atoms with E-state index in [1.807, 2.05) is 30.3 Å². The van der Waals surface area contributed by atoms with Gasteiger partial charge in [-0.15, -0.1) is 0 Å². The number of ether oxygens (including phenoxy) is 1. The fourth-order valence-corrected chi connectivity index (χ4v) is 3.06. The van der Waals surface area contributed by atoms with Crippen LogP contribution >= 0.6 is 0 Å². The minimum atomic E-state index is -3.23. The molecule has 0 N–H and O–H groups in total. The van der Waals surface area contributed by atoms with Crippen LogP contribution in [0.4, 0.5) is 0 Å². The average molecular weight is 395 g/mol. The van der Waals surface area contributed by atoms with E-state index in [1.54, 1.807) is 24.3 Å². The number of benzene rings is 2. The first kappa shape index (κ1) is 17.5. The van der Waals surface area contributed by atoms with Crippen molar-refractivity contribution in [3.05, 3.63) is 65.7 Å². The van der Waals surface area contributed by atoms with Gasteiger partial charge in [0, 0.05) is 11.8 Å². The molecule has 0 radical (unpaired) electrons. The van der Waals surface area contributed by atoms with E-state index in [4.69, 9.17) is 4.74 Å². The first-order valence-electron chi connectivity index (χ1n) is 6.73. The van der Waals surface area contributed by atoms with Gasteiger partial charge in [0.2, 0.25) is 0 Å². The van der Waals surface area contributed by atoms with E-state index in [0.717, 1.165) is 16.7 Å². The van der Waals surface area contributed by atoms with Gasteiger partial charge in [0.25, 0.3) is 0 Å². The average Bonchev–Trinajstić information content (AvgIpc) is 2.89. The van der Waals surface area contributed by atoms with E-state index in [-0.39, 0.29) is 34.5 Å². The molecule has 1 aliphatic heterocycles. The van der Waals surface area contributed by atoms with Crippen LogP contribution in [-0.2, 0) is 19.4 Å². The molecule has 1 heterocycles. The van der Waals surface area contributed by atoms with Crippen LogP contribution < -0.4 is 0 Å². The van der Waals surface area contributed by atoms with E-state index >= 15 is 0 Å². The molecule has 0 amide bonds. The molecule has 6 heteroatoms. The fraction of sp³-hybridized carbons (Fsp3) is 0.118. The molecule has 0 saturated heterocycles. The second-order valence-corrected chi connectivity index (χ2v) is 7.11. The number of cyclic esters (lactones) is 1. The molecule has 2 aromatic carbocycles. The van der Waals surface area contributed by atoms with Crippen molar-refractivity contribution in [2.24, 2.45) is 0 Å². The molecule has 0 spiro atoms. The van der Waals surface area contributed by atoms with Gasteiger partial charge in [-0.25, -0.2) is 13.2 Å². The van der Waals surface area contributed by atoms with Gasteiger partial charge in [0.1, 0.15) is 6.61 Å². The van der Waals surface area contributed by atoms with Gasteiger partial charge in [0.15, 0.2) is 9.84 Å². The summed E-state index contributed by atoms with van der Waals surface area (Å²) in [5, 5.41) is 0. The van der Waals surface area contributed by atoms with Gasteiger partial charge < -0.3 is 4.74 Å². The summed E-state index contributed by atoms with van der Waals surface area (Å²) >= 11 is 0. The van der Waals surface area contributed by atoms with Gasteiger partial charge in [-0.3, -0.25) is 0 Å². The van der Waals surface area contributed by atoms with Crippen LogP contribution in [0.25, 0.3) is 11.1 Å². The number of hydrogen-bond donors (Lipinski definition) is 0. The Labute approximate surface area is 145 Å². The second kappa shape index (κ2) is 6.71. The zero-order chi connectivity index (χ0) is 15.7. The summed E-state index contributed by atoms with van der Waals surface area (Å²) in [6.45, 7) is 0.196. The van der Waals surface area contributed by atoms with Crippen LogP contribution in [-0.4, -0.2) is 44.3 Å². The predicted octanol–water partition coefficient (Wildman–Crippen LogP) is 1.64. The SMILES string of the molecule is CS(=O)(=O)c1ccc(C2=C(c3ccccc3)C(=O)OC2)cc1.[SeH2]. The van der Waals surface area contributed by atoms with Crippen LogP contribution in [0, 0.1) is 0 Å². The molecule has 0 saturated carbocycles. The molecule has 3 rings (SSSR count). The molecular weight excluding hydrogens is 379 g/mol. The van der Waals surface area contributed by atoms with Crippen molar-refractivity contribution in [3.63, 3.8) is 0 Å². The van der Waals surface area contributed by atoms with Crippen LogP contribution in [0.1, 0.15) is 11.1 Å². The van der Waals surface area contributed by atoms with E-state index in [0.29, 0.717) is 5.57 Å². The first-order chi connectivity index (χ1) is 10.5. The van der Waals surface area contributed by atoms with E-state index in [1.165, 1.54) is 6.26 Å². The Morgan fingerprint density at radius 1 is 0.913 bits per heavy atom. The summed E-state index contributed by atoms with van der Waals surface area (Å²) in [4.78, 5) is 12.3. The van der Waals surface area contributed by atoms with Crippen LogP contribution in [0.15, 0.2) is 59.5 Å². The third-order valence-corrected chi connectivity index (χ3v) is 4.68. The maximum atomic E-state index is 12.0. The number of carbonyl (C=O) groups is 1. The van der Waals surface area contributed by atoms with E-state index in [2.05, 4.69) is 0 Å². The molecule has 0 aromatic heterocycles. The monoisotopic (exact) mass is 396 g/mol. The van der Waals surface area contributed by atoms with Crippen molar-refractivity contribution in [2.75, 3.05) is 12.9 Å². The zero-order valence-electron chi connectivity index (χ0n) is 12.4.